The molecule has 0 spiro atoms. The Labute approximate surface area is 177 Å². The predicted octanol–water partition coefficient (Wildman–Crippen LogP) is 3.11. The van der Waals surface area contributed by atoms with Crippen LogP contribution in [0.25, 0.3) is 0 Å². The quantitative estimate of drug-likeness (QED) is 0.722. The van der Waals surface area contributed by atoms with Crippen LogP contribution in [0.5, 0.6) is 0 Å². The van der Waals surface area contributed by atoms with E-state index in [9.17, 15) is 14.4 Å². The number of hydrogen-bond acceptors (Lipinski definition) is 3. The number of hydrogen-bond donors (Lipinski definition) is 2. The Kier molecular flexibility index (Phi) is 5.97. The van der Waals surface area contributed by atoms with Crippen molar-refractivity contribution < 1.29 is 14.4 Å². The van der Waals surface area contributed by atoms with E-state index in [1.165, 1.54) is 0 Å². The Hall–Kier alpha value is -3.15. The zero-order valence-electron chi connectivity index (χ0n) is 18.0. The van der Waals surface area contributed by atoms with Gasteiger partial charge in [-0.3, -0.25) is 14.5 Å². The minimum absolute atomic E-state index is 0.00770. The summed E-state index contributed by atoms with van der Waals surface area (Å²) in [5, 5.41) is 5.53. The molecule has 0 saturated carbocycles. The zero-order valence-corrected chi connectivity index (χ0v) is 18.0. The topological polar surface area (TPSA) is 78.5 Å². The number of nitrogens with zero attached hydrogens (tertiary/aromatic N) is 1. The lowest BCUT2D eigenvalue weighted by Crippen LogP contribution is -2.43. The molecule has 6 nitrogen and oxygen atoms in total. The summed E-state index contributed by atoms with van der Waals surface area (Å²) in [6.45, 7) is 8.17. The van der Waals surface area contributed by atoms with Crippen molar-refractivity contribution in [2.24, 2.45) is 0 Å². The number of carbonyl (C=O) groups is 3. The molecule has 1 heterocycles. The van der Waals surface area contributed by atoms with E-state index in [2.05, 4.69) is 31.4 Å². The van der Waals surface area contributed by atoms with Gasteiger partial charge in [-0.05, 0) is 35.4 Å². The van der Waals surface area contributed by atoms with E-state index in [0.29, 0.717) is 18.5 Å². The highest BCUT2D eigenvalue weighted by Crippen LogP contribution is 2.31. The molecule has 2 aromatic carbocycles. The second-order valence-corrected chi connectivity index (χ2v) is 8.86. The van der Waals surface area contributed by atoms with Gasteiger partial charge < -0.3 is 10.6 Å². The number of imide groups is 1. The first kappa shape index (κ1) is 21.6. The molecule has 0 bridgehead atoms. The summed E-state index contributed by atoms with van der Waals surface area (Å²) >= 11 is 0. The van der Waals surface area contributed by atoms with Gasteiger partial charge in [-0.2, -0.15) is 0 Å². The molecule has 1 atom stereocenters. The van der Waals surface area contributed by atoms with Crippen molar-refractivity contribution in [2.75, 3.05) is 13.1 Å². The van der Waals surface area contributed by atoms with Gasteiger partial charge in [0.05, 0.1) is 0 Å². The Balaban J connectivity index is 1.63. The predicted molar refractivity (Wildman–Crippen MR) is 116 cm³/mol. The number of benzene rings is 2. The first-order valence-electron chi connectivity index (χ1n) is 10.2. The van der Waals surface area contributed by atoms with Crippen LogP contribution in [-0.4, -0.2) is 35.8 Å². The highest BCUT2D eigenvalue weighted by Gasteiger charge is 2.49. The Morgan fingerprint density at radius 2 is 1.67 bits per heavy atom. The van der Waals surface area contributed by atoms with Crippen molar-refractivity contribution >= 4 is 17.8 Å². The smallest absolute Gasteiger partial charge is 0.325 e. The summed E-state index contributed by atoms with van der Waals surface area (Å²) in [5.41, 5.74) is 1.76. The van der Waals surface area contributed by atoms with E-state index >= 15 is 0 Å². The monoisotopic (exact) mass is 407 g/mol. The Bertz CT molecular complexity index is 932. The number of rotatable bonds is 6. The van der Waals surface area contributed by atoms with Crippen LogP contribution < -0.4 is 10.6 Å². The minimum atomic E-state index is -1.18. The summed E-state index contributed by atoms with van der Waals surface area (Å²) in [6, 6.07) is 16.9. The fourth-order valence-corrected chi connectivity index (χ4v) is 3.53. The lowest BCUT2D eigenvalue weighted by Gasteiger charge is -2.24. The SMILES string of the molecule is CC(C)(C)c1ccc([C@]2(C)NC(=O)N(CC(=O)NCCc3ccccc3)C2=O)cc1. The van der Waals surface area contributed by atoms with Gasteiger partial charge in [-0.15, -0.1) is 0 Å². The van der Waals surface area contributed by atoms with Gasteiger partial charge in [0.2, 0.25) is 5.91 Å². The summed E-state index contributed by atoms with van der Waals surface area (Å²) in [5.74, 6) is -0.782. The molecule has 158 valence electrons. The normalized spacial score (nSPS) is 19.0. The van der Waals surface area contributed by atoms with E-state index in [0.717, 1.165) is 16.0 Å². The van der Waals surface area contributed by atoms with Gasteiger partial charge >= 0.3 is 6.03 Å². The summed E-state index contributed by atoms with van der Waals surface area (Å²) < 4.78 is 0. The van der Waals surface area contributed by atoms with Crippen LogP contribution in [-0.2, 0) is 27.0 Å². The van der Waals surface area contributed by atoms with Crippen LogP contribution in [0.3, 0.4) is 0 Å². The van der Waals surface area contributed by atoms with Crippen molar-refractivity contribution in [2.45, 2.75) is 45.1 Å². The molecule has 1 aliphatic rings. The average Bonchev–Trinajstić information content (AvgIpc) is 2.92. The lowest BCUT2D eigenvalue weighted by molar-refractivity contribution is -0.134. The number of carbonyl (C=O) groups excluding carboxylic acids is 3. The molecule has 6 heteroatoms. The first-order chi connectivity index (χ1) is 14.1. The highest BCUT2D eigenvalue weighted by molar-refractivity contribution is 6.09. The number of nitrogens with one attached hydrogen (secondary N) is 2. The molecule has 1 saturated heterocycles. The van der Waals surface area contributed by atoms with Crippen LogP contribution in [0.4, 0.5) is 4.79 Å². The van der Waals surface area contributed by atoms with Crippen LogP contribution >= 0.6 is 0 Å². The van der Waals surface area contributed by atoms with Crippen molar-refractivity contribution in [3.63, 3.8) is 0 Å². The lowest BCUT2D eigenvalue weighted by atomic mass is 9.84. The van der Waals surface area contributed by atoms with Crippen LogP contribution in [0, 0.1) is 0 Å². The summed E-state index contributed by atoms with van der Waals surface area (Å²) in [6.07, 6.45) is 0.685. The van der Waals surface area contributed by atoms with E-state index in [1.807, 2.05) is 54.6 Å². The summed E-state index contributed by atoms with van der Waals surface area (Å²) in [7, 11) is 0. The van der Waals surface area contributed by atoms with Gasteiger partial charge in [0.25, 0.3) is 5.91 Å². The maximum Gasteiger partial charge on any atom is 0.325 e. The van der Waals surface area contributed by atoms with Crippen molar-refractivity contribution in [1.82, 2.24) is 15.5 Å². The van der Waals surface area contributed by atoms with Crippen molar-refractivity contribution in [3.8, 4) is 0 Å². The third kappa shape index (κ3) is 4.53. The number of amides is 4. The summed E-state index contributed by atoms with van der Waals surface area (Å²) in [4.78, 5) is 38.7. The molecule has 30 heavy (non-hydrogen) atoms. The van der Waals surface area contributed by atoms with Crippen LogP contribution in [0.15, 0.2) is 54.6 Å². The van der Waals surface area contributed by atoms with Gasteiger partial charge in [0.15, 0.2) is 0 Å². The van der Waals surface area contributed by atoms with E-state index in [1.54, 1.807) is 6.92 Å². The molecule has 2 aromatic rings. The average molecular weight is 408 g/mol. The largest absolute Gasteiger partial charge is 0.354 e. The second kappa shape index (κ2) is 8.30. The molecular weight excluding hydrogens is 378 g/mol. The third-order valence-electron chi connectivity index (χ3n) is 5.48. The van der Waals surface area contributed by atoms with Gasteiger partial charge in [0, 0.05) is 6.54 Å². The molecule has 4 amide bonds. The molecule has 0 aromatic heterocycles. The fourth-order valence-electron chi connectivity index (χ4n) is 3.53. The van der Waals surface area contributed by atoms with Gasteiger partial charge in [0.1, 0.15) is 12.1 Å². The molecular formula is C24H29N3O3. The van der Waals surface area contributed by atoms with E-state index in [-0.39, 0.29) is 17.9 Å². The maximum absolute atomic E-state index is 13.0. The fraction of sp³-hybridized carbons (Fsp3) is 0.375. The first-order valence-corrected chi connectivity index (χ1v) is 10.2. The van der Waals surface area contributed by atoms with Crippen molar-refractivity contribution in [3.05, 3.63) is 71.3 Å². The molecule has 1 fully saturated rings. The third-order valence-corrected chi connectivity index (χ3v) is 5.48. The molecule has 0 aliphatic carbocycles. The molecule has 0 radical (unpaired) electrons. The molecule has 0 unspecified atom stereocenters. The van der Waals surface area contributed by atoms with Crippen LogP contribution in [0.1, 0.15) is 44.4 Å². The van der Waals surface area contributed by atoms with Crippen molar-refractivity contribution in [1.29, 1.82) is 0 Å². The van der Waals surface area contributed by atoms with E-state index in [4.69, 9.17) is 0 Å². The number of urea groups is 1. The van der Waals surface area contributed by atoms with E-state index < -0.39 is 17.5 Å². The minimum Gasteiger partial charge on any atom is -0.354 e. The highest BCUT2D eigenvalue weighted by atomic mass is 16.2. The molecule has 3 rings (SSSR count). The maximum atomic E-state index is 13.0. The van der Waals surface area contributed by atoms with Gasteiger partial charge in [-0.25, -0.2) is 4.79 Å². The van der Waals surface area contributed by atoms with Gasteiger partial charge in [-0.1, -0.05) is 75.4 Å². The van der Waals surface area contributed by atoms with Crippen LogP contribution in [0.2, 0.25) is 0 Å². The Morgan fingerprint density at radius 3 is 2.27 bits per heavy atom. The Morgan fingerprint density at radius 1 is 1.03 bits per heavy atom. The standard InChI is InChI=1S/C24H29N3O3/c1-23(2,3)18-10-12-19(13-11-18)24(4)21(29)27(22(30)26-24)16-20(28)25-15-14-17-8-6-5-7-9-17/h5-13H,14-16H2,1-4H3,(H,25,28)(H,26,30)/t24-/m0/s1. The molecule has 1 aliphatic heterocycles. The zero-order chi connectivity index (χ0) is 21.9. The molecule has 2 N–H and O–H groups in total. The second-order valence-electron chi connectivity index (χ2n) is 8.86.